The molecule has 2 aromatic carbocycles. The van der Waals surface area contributed by atoms with Crippen molar-refractivity contribution in [2.45, 2.75) is 24.8 Å². The van der Waals surface area contributed by atoms with Crippen molar-refractivity contribution in [3.63, 3.8) is 0 Å². The lowest BCUT2D eigenvalue weighted by Gasteiger charge is -2.17. The minimum atomic E-state index is -4.05. The van der Waals surface area contributed by atoms with Crippen LogP contribution < -0.4 is 4.72 Å². The molecule has 0 aliphatic rings. The Morgan fingerprint density at radius 2 is 1.81 bits per heavy atom. The van der Waals surface area contributed by atoms with E-state index in [0.717, 1.165) is 21.2 Å². The molecule has 6 nitrogen and oxygen atoms in total. The molecule has 0 aliphatic carbocycles. The molecule has 2 N–H and O–H groups in total. The summed E-state index contributed by atoms with van der Waals surface area (Å²) in [5.41, 5.74) is 1.84. The van der Waals surface area contributed by atoms with Gasteiger partial charge in [0, 0.05) is 16.8 Å². The lowest BCUT2D eigenvalue weighted by molar-refractivity contribution is -0.140. The summed E-state index contributed by atoms with van der Waals surface area (Å²) in [5, 5.41) is 11.4. The molecule has 4 aromatic rings. The molecule has 0 amide bonds. The molecule has 0 fully saturated rings. The molecule has 0 saturated heterocycles. The zero-order chi connectivity index (χ0) is 22.5. The normalized spacial score (nSPS) is 13.3. The van der Waals surface area contributed by atoms with E-state index >= 15 is 0 Å². The summed E-state index contributed by atoms with van der Waals surface area (Å²) < 4.78 is 34.2. The lowest BCUT2D eigenvalue weighted by atomic mass is 10.1. The topological polar surface area (TPSA) is 96.6 Å². The van der Waals surface area contributed by atoms with Crippen molar-refractivity contribution in [1.29, 1.82) is 0 Å². The summed E-state index contributed by atoms with van der Waals surface area (Å²) in [6, 6.07) is 10.5. The number of rotatable bonds is 6. The van der Waals surface area contributed by atoms with E-state index in [1.165, 1.54) is 23.5 Å². The van der Waals surface area contributed by atoms with Crippen molar-refractivity contribution in [2.75, 3.05) is 0 Å². The van der Waals surface area contributed by atoms with Gasteiger partial charge in [-0.3, -0.25) is 4.79 Å². The maximum atomic E-state index is 12.7. The number of furan rings is 1. The standard InChI is InChI=1S/C21H17Cl2NO5S2/c1-10(2)19(21(25)26)24-31(27,28)12-4-5-13-14-7-11(20-15(22)9-18(23)30-20)3-6-16(14)29-17(13)8-12/h3-10,19,24H,1-2H3,(H,25,26)/t19-/m0/s1. The number of carboxylic acid groups (broad SMARTS) is 1. The van der Waals surface area contributed by atoms with Crippen LogP contribution in [0.1, 0.15) is 13.8 Å². The Morgan fingerprint density at radius 1 is 1.06 bits per heavy atom. The van der Waals surface area contributed by atoms with Gasteiger partial charge < -0.3 is 9.52 Å². The fraction of sp³-hybridized carbons (Fsp3) is 0.190. The third kappa shape index (κ3) is 4.18. The molecule has 162 valence electrons. The van der Waals surface area contributed by atoms with Gasteiger partial charge in [0.15, 0.2) is 0 Å². The van der Waals surface area contributed by atoms with Crippen LogP contribution in [-0.2, 0) is 14.8 Å². The van der Waals surface area contributed by atoms with E-state index in [-0.39, 0.29) is 4.90 Å². The first-order valence-electron chi connectivity index (χ1n) is 9.23. The van der Waals surface area contributed by atoms with Gasteiger partial charge in [0.2, 0.25) is 10.0 Å². The highest BCUT2D eigenvalue weighted by molar-refractivity contribution is 7.89. The first kappa shape index (κ1) is 22.1. The number of aliphatic carboxylic acids is 1. The molecule has 1 atom stereocenters. The van der Waals surface area contributed by atoms with E-state index < -0.39 is 28.0 Å². The summed E-state index contributed by atoms with van der Waals surface area (Å²) >= 11 is 13.7. The van der Waals surface area contributed by atoms with Crippen LogP contribution in [0.5, 0.6) is 0 Å². The molecular weight excluding hydrogens is 481 g/mol. The van der Waals surface area contributed by atoms with Gasteiger partial charge in [-0.2, -0.15) is 4.72 Å². The fourth-order valence-electron chi connectivity index (χ4n) is 3.31. The molecule has 2 aromatic heterocycles. The third-order valence-corrected chi connectivity index (χ3v) is 8.05. The summed E-state index contributed by atoms with van der Waals surface area (Å²) in [4.78, 5) is 12.2. The third-order valence-electron chi connectivity index (χ3n) is 4.89. The second kappa shape index (κ2) is 8.11. The Morgan fingerprint density at radius 3 is 2.42 bits per heavy atom. The number of carboxylic acids is 1. The monoisotopic (exact) mass is 497 g/mol. The highest BCUT2D eigenvalue weighted by Crippen LogP contribution is 2.41. The Hall–Kier alpha value is -2.10. The Kier molecular flexibility index (Phi) is 5.78. The van der Waals surface area contributed by atoms with Gasteiger partial charge in [-0.1, -0.05) is 37.0 Å². The van der Waals surface area contributed by atoms with Crippen molar-refractivity contribution >= 4 is 72.5 Å². The average Bonchev–Trinajstić information content (AvgIpc) is 3.23. The number of sulfonamides is 1. The largest absolute Gasteiger partial charge is 0.480 e. The average molecular weight is 498 g/mol. The highest BCUT2D eigenvalue weighted by Gasteiger charge is 2.28. The second-order valence-electron chi connectivity index (χ2n) is 7.38. The summed E-state index contributed by atoms with van der Waals surface area (Å²) in [5.74, 6) is -1.65. The zero-order valence-corrected chi connectivity index (χ0v) is 19.5. The first-order valence-corrected chi connectivity index (χ1v) is 12.3. The number of halogens is 2. The quantitative estimate of drug-likeness (QED) is 0.340. The molecule has 10 heteroatoms. The van der Waals surface area contributed by atoms with Gasteiger partial charge in [0.05, 0.1) is 19.1 Å². The van der Waals surface area contributed by atoms with E-state index in [9.17, 15) is 18.3 Å². The minimum Gasteiger partial charge on any atom is -0.480 e. The fourth-order valence-corrected chi connectivity index (χ4v) is 6.23. The second-order valence-corrected chi connectivity index (χ2v) is 11.2. The first-order chi connectivity index (χ1) is 14.6. The predicted molar refractivity (Wildman–Crippen MR) is 124 cm³/mol. The van der Waals surface area contributed by atoms with Crippen LogP contribution >= 0.6 is 34.5 Å². The van der Waals surface area contributed by atoms with Gasteiger partial charge in [0.25, 0.3) is 0 Å². The van der Waals surface area contributed by atoms with Crippen LogP contribution in [0, 0.1) is 5.92 Å². The van der Waals surface area contributed by atoms with E-state index in [0.29, 0.717) is 20.5 Å². The number of nitrogens with one attached hydrogen (secondary N) is 1. The van der Waals surface area contributed by atoms with Gasteiger partial charge in [-0.25, -0.2) is 8.42 Å². The van der Waals surface area contributed by atoms with Crippen LogP contribution in [-0.4, -0.2) is 25.5 Å². The van der Waals surface area contributed by atoms with Crippen LogP contribution in [0.2, 0.25) is 9.36 Å². The number of hydrogen-bond donors (Lipinski definition) is 2. The number of fused-ring (bicyclic) bond motifs is 3. The number of hydrogen-bond acceptors (Lipinski definition) is 5. The zero-order valence-electron chi connectivity index (χ0n) is 16.3. The highest BCUT2D eigenvalue weighted by atomic mass is 35.5. The van der Waals surface area contributed by atoms with Crippen molar-refractivity contribution in [3.8, 4) is 10.4 Å². The van der Waals surface area contributed by atoms with Crippen molar-refractivity contribution in [2.24, 2.45) is 5.92 Å². The lowest BCUT2D eigenvalue weighted by Crippen LogP contribution is -2.44. The Bertz CT molecular complexity index is 1420. The van der Waals surface area contributed by atoms with Crippen molar-refractivity contribution < 1.29 is 22.7 Å². The predicted octanol–water partition coefficient (Wildman–Crippen LogP) is 6.01. The van der Waals surface area contributed by atoms with Crippen LogP contribution in [0.15, 0.2) is 51.8 Å². The Balaban J connectivity index is 1.77. The van der Waals surface area contributed by atoms with Gasteiger partial charge >= 0.3 is 5.97 Å². The van der Waals surface area contributed by atoms with Gasteiger partial charge in [-0.15, -0.1) is 11.3 Å². The van der Waals surface area contributed by atoms with Crippen LogP contribution in [0.4, 0.5) is 0 Å². The molecule has 0 aliphatic heterocycles. The smallest absolute Gasteiger partial charge is 0.322 e. The van der Waals surface area contributed by atoms with Crippen molar-refractivity contribution in [1.82, 2.24) is 4.72 Å². The summed E-state index contributed by atoms with van der Waals surface area (Å²) in [7, 11) is -4.05. The van der Waals surface area contributed by atoms with Gasteiger partial charge in [0.1, 0.15) is 17.2 Å². The van der Waals surface area contributed by atoms with Gasteiger partial charge in [-0.05, 0) is 47.9 Å². The summed E-state index contributed by atoms with van der Waals surface area (Å²) in [6.45, 7) is 3.27. The van der Waals surface area contributed by atoms with Crippen LogP contribution in [0.25, 0.3) is 32.4 Å². The Labute approximate surface area is 192 Å². The molecule has 31 heavy (non-hydrogen) atoms. The molecule has 4 rings (SSSR count). The van der Waals surface area contributed by atoms with E-state index in [1.54, 1.807) is 32.0 Å². The maximum absolute atomic E-state index is 12.7. The number of benzene rings is 2. The van der Waals surface area contributed by atoms with E-state index in [4.69, 9.17) is 27.6 Å². The molecule has 2 heterocycles. The molecule has 0 bridgehead atoms. The number of carbonyl (C=O) groups is 1. The SMILES string of the molecule is CC(C)[C@H](NS(=O)(=O)c1ccc2c(c1)oc1ccc(-c3sc(Cl)cc3Cl)cc12)C(=O)O. The molecule has 0 spiro atoms. The van der Waals surface area contributed by atoms with E-state index in [2.05, 4.69) is 4.72 Å². The minimum absolute atomic E-state index is 0.0701. The molecular formula is C21H17Cl2NO5S2. The molecule has 0 unspecified atom stereocenters. The number of thiophene rings is 1. The van der Waals surface area contributed by atoms with E-state index in [1.807, 2.05) is 12.1 Å². The molecule has 0 radical (unpaired) electrons. The maximum Gasteiger partial charge on any atom is 0.322 e. The summed E-state index contributed by atoms with van der Waals surface area (Å²) in [6.07, 6.45) is 0. The van der Waals surface area contributed by atoms with Crippen molar-refractivity contribution in [3.05, 3.63) is 51.8 Å². The molecule has 0 saturated carbocycles. The van der Waals surface area contributed by atoms with Crippen LogP contribution in [0.3, 0.4) is 0 Å².